The maximum Gasteiger partial charge on any atom is 0.254 e. The van der Waals surface area contributed by atoms with Crippen LogP contribution in [0.3, 0.4) is 0 Å². The summed E-state index contributed by atoms with van der Waals surface area (Å²) >= 11 is 15.4. The van der Waals surface area contributed by atoms with Crippen molar-refractivity contribution in [1.82, 2.24) is 4.90 Å². The molecule has 26 heavy (non-hydrogen) atoms. The molecule has 1 atom stereocenters. The highest BCUT2D eigenvalue weighted by Crippen LogP contribution is 2.26. The van der Waals surface area contributed by atoms with Crippen molar-refractivity contribution >= 4 is 56.6 Å². The Morgan fingerprint density at radius 2 is 1.85 bits per heavy atom. The molecule has 1 aliphatic rings. The van der Waals surface area contributed by atoms with Gasteiger partial charge in [-0.05, 0) is 61.7 Å². The van der Waals surface area contributed by atoms with Crippen LogP contribution < -0.4 is 5.32 Å². The molecule has 3 rings (SSSR count). The van der Waals surface area contributed by atoms with Crippen molar-refractivity contribution in [3.8, 4) is 0 Å². The zero-order chi connectivity index (χ0) is 18.8. The average molecular weight is 456 g/mol. The number of carbonyl (C=O) groups is 2. The zero-order valence-electron chi connectivity index (χ0n) is 14.1. The molecule has 7 heteroatoms. The lowest BCUT2D eigenvalue weighted by molar-refractivity contribution is -0.119. The van der Waals surface area contributed by atoms with Gasteiger partial charge in [0.15, 0.2) is 0 Å². The molecule has 0 bridgehead atoms. The van der Waals surface area contributed by atoms with Gasteiger partial charge in [-0.15, -0.1) is 0 Å². The fourth-order valence-corrected chi connectivity index (χ4v) is 4.11. The first-order valence-electron chi connectivity index (χ1n) is 8.19. The van der Waals surface area contributed by atoms with Crippen LogP contribution in [0, 0.1) is 6.92 Å². The second-order valence-electron chi connectivity index (χ2n) is 6.26. The minimum absolute atomic E-state index is 0.186. The summed E-state index contributed by atoms with van der Waals surface area (Å²) in [4.78, 5) is 27.2. The molecule has 1 fully saturated rings. The zero-order valence-corrected chi connectivity index (χ0v) is 17.2. The third-order valence-electron chi connectivity index (χ3n) is 4.37. The summed E-state index contributed by atoms with van der Waals surface area (Å²) in [5.41, 5.74) is 2.08. The molecule has 0 unspecified atom stereocenters. The number of nitrogens with zero attached hydrogens (tertiary/aromatic N) is 1. The number of aryl methyl sites for hydroxylation is 1. The molecule has 0 spiro atoms. The van der Waals surface area contributed by atoms with Crippen LogP contribution in [0.5, 0.6) is 0 Å². The number of benzene rings is 2. The van der Waals surface area contributed by atoms with Gasteiger partial charge in [0.25, 0.3) is 5.91 Å². The summed E-state index contributed by atoms with van der Waals surface area (Å²) in [6.07, 6.45) is 1.40. The summed E-state index contributed by atoms with van der Waals surface area (Å²) in [5, 5.41) is 3.72. The molecule has 0 aromatic heterocycles. The van der Waals surface area contributed by atoms with E-state index in [9.17, 15) is 9.59 Å². The van der Waals surface area contributed by atoms with Crippen molar-refractivity contribution < 1.29 is 9.59 Å². The number of nitrogens with one attached hydrogen (secondary N) is 1. The average Bonchev–Trinajstić information content (AvgIpc) is 3.05. The van der Waals surface area contributed by atoms with E-state index >= 15 is 0 Å². The lowest BCUT2D eigenvalue weighted by Crippen LogP contribution is -2.43. The number of hydrogen-bond donors (Lipinski definition) is 1. The highest BCUT2D eigenvalue weighted by Gasteiger charge is 2.34. The fraction of sp³-hybridized carbons (Fsp3) is 0.263. The summed E-state index contributed by atoms with van der Waals surface area (Å²) < 4.78 is 0.948. The van der Waals surface area contributed by atoms with Crippen LogP contribution in [0.1, 0.15) is 28.8 Å². The Bertz CT molecular complexity index is 852. The quantitative estimate of drug-likeness (QED) is 0.681. The Hall–Kier alpha value is -1.56. The molecule has 2 aromatic carbocycles. The normalized spacial score (nSPS) is 16.6. The SMILES string of the molecule is Cc1cc(Br)ccc1NC(=O)[C@@H]1CCCN1C(=O)c1cc(Cl)cc(Cl)c1. The molecule has 0 radical (unpaired) electrons. The van der Waals surface area contributed by atoms with Crippen molar-refractivity contribution in [2.75, 3.05) is 11.9 Å². The van der Waals surface area contributed by atoms with Gasteiger partial charge >= 0.3 is 0 Å². The molecule has 2 aromatic rings. The molecule has 0 saturated carbocycles. The first kappa shape index (κ1) is 19.2. The third-order valence-corrected chi connectivity index (χ3v) is 5.30. The van der Waals surface area contributed by atoms with Gasteiger partial charge in [-0.1, -0.05) is 39.1 Å². The van der Waals surface area contributed by atoms with Crippen LogP contribution in [0.15, 0.2) is 40.9 Å². The minimum atomic E-state index is -0.511. The Morgan fingerprint density at radius 3 is 2.50 bits per heavy atom. The van der Waals surface area contributed by atoms with E-state index in [2.05, 4.69) is 21.2 Å². The second kappa shape index (κ2) is 7.99. The van der Waals surface area contributed by atoms with Crippen LogP contribution in [0.25, 0.3) is 0 Å². The van der Waals surface area contributed by atoms with Crippen molar-refractivity contribution in [3.05, 3.63) is 62.0 Å². The molecule has 1 saturated heterocycles. The number of anilines is 1. The highest BCUT2D eigenvalue weighted by molar-refractivity contribution is 9.10. The van der Waals surface area contributed by atoms with Crippen molar-refractivity contribution in [1.29, 1.82) is 0 Å². The van der Waals surface area contributed by atoms with Crippen molar-refractivity contribution in [3.63, 3.8) is 0 Å². The van der Waals surface area contributed by atoms with Gasteiger partial charge in [0.2, 0.25) is 5.91 Å². The molecule has 4 nitrogen and oxygen atoms in total. The standard InChI is InChI=1S/C19H17BrCl2N2O2/c1-11-7-13(20)4-5-16(11)23-18(25)17-3-2-6-24(17)19(26)12-8-14(21)10-15(22)9-12/h4-5,7-10,17H,2-3,6H2,1H3,(H,23,25)/t17-/m0/s1. The summed E-state index contributed by atoms with van der Waals surface area (Å²) in [7, 11) is 0. The summed E-state index contributed by atoms with van der Waals surface area (Å²) in [6, 6.07) is 9.85. The van der Waals surface area contributed by atoms with E-state index in [1.807, 2.05) is 25.1 Å². The van der Waals surface area contributed by atoms with Gasteiger partial charge in [0, 0.05) is 32.3 Å². The Kier molecular flexibility index (Phi) is 5.90. The maximum atomic E-state index is 12.9. The van der Waals surface area contributed by atoms with Crippen molar-refractivity contribution in [2.24, 2.45) is 0 Å². The fourth-order valence-electron chi connectivity index (χ4n) is 3.11. The van der Waals surface area contributed by atoms with E-state index in [1.165, 1.54) is 0 Å². The Morgan fingerprint density at radius 1 is 1.15 bits per heavy atom. The number of amides is 2. The lowest BCUT2D eigenvalue weighted by atomic mass is 10.1. The van der Waals surface area contributed by atoms with Crippen LogP contribution >= 0.6 is 39.1 Å². The van der Waals surface area contributed by atoms with Gasteiger partial charge < -0.3 is 10.2 Å². The summed E-state index contributed by atoms with van der Waals surface area (Å²) in [5.74, 6) is -0.422. The van der Waals surface area contributed by atoms with Gasteiger partial charge in [0.05, 0.1) is 0 Å². The smallest absolute Gasteiger partial charge is 0.254 e. The lowest BCUT2D eigenvalue weighted by Gasteiger charge is -2.24. The van der Waals surface area contributed by atoms with Gasteiger partial charge in [-0.2, -0.15) is 0 Å². The van der Waals surface area contributed by atoms with Crippen LogP contribution in [-0.4, -0.2) is 29.3 Å². The van der Waals surface area contributed by atoms with Crippen LogP contribution in [0.2, 0.25) is 10.0 Å². The number of carbonyl (C=O) groups excluding carboxylic acids is 2. The first-order chi connectivity index (χ1) is 12.3. The van der Waals surface area contributed by atoms with Crippen LogP contribution in [0.4, 0.5) is 5.69 Å². The molecule has 0 aliphatic carbocycles. The van der Waals surface area contributed by atoms with E-state index in [-0.39, 0.29) is 11.8 Å². The predicted molar refractivity (Wildman–Crippen MR) is 108 cm³/mol. The molecule has 1 N–H and O–H groups in total. The first-order valence-corrected chi connectivity index (χ1v) is 9.74. The minimum Gasteiger partial charge on any atom is -0.327 e. The summed E-state index contributed by atoms with van der Waals surface area (Å²) in [6.45, 7) is 2.45. The molecule has 136 valence electrons. The monoisotopic (exact) mass is 454 g/mol. The van der Waals surface area contributed by atoms with Gasteiger partial charge in [0.1, 0.15) is 6.04 Å². The van der Waals surface area contributed by atoms with E-state index in [1.54, 1.807) is 23.1 Å². The highest BCUT2D eigenvalue weighted by atomic mass is 79.9. The van der Waals surface area contributed by atoms with E-state index in [0.717, 1.165) is 22.1 Å². The van der Waals surface area contributed by atoms with Crippen LogP contribution in [-0.2, 0) is 4.79 Å². The Labute approximate surface area is 170 Å². The van der Waals surface area contributed by atoms with Crippen molar-refractivity contribution in [2.45, 2.75) is 25.8 Å². The number of hydrogen-bond acceptors (Lipinski definition) is 2. The largest absolute Gasteiger partial charge is 0.327 e. The topological polar surface area (TPSA) is 49.4 Å². The van der Waals surface area contributed by atoms with E-state index in [0.29, 0.717) is 28.6 Å². The second-order valence-corrected chi connectivity index (χ2v) is 8.05. The Balaban J connectivity index is 1.78. The molecular formula is C19H17BrCl2N2O2. The van der Waals surface area contributed by atoms with Gasteiger partial charge in [-0.3, -0.25) is 9.59 Å². The van der Waals surface area contributed by atoms with E-state index < -0.39 is 6.04 Å². The predicted octanol–water partition coefficient (Wildman–Crippen LogP) is 5.31. The number of likely N-dealkylation sites (tertiary alicyclic amines) is 1. The third kappa shape index (κ3) is 4.22. The number of halogens is 3. The maximum absolute atomic E-state index is 12.9. The van der Waals surface area contributed by atoms with E-state index in [4.69, 9.17) is 23.2 Å². The van der Waals surface area contributed by atoms with Gasteiger partial charge in [-0.25, -0.2) is 0 Å². The molecule has 2 amide bonds. The molecule has 1 heterocycles. The molecule has 1 aliphatic heterocycles. The molecular weight excluding hydrogens is 439 g/mol. The number of rotatable bonds is 3.